The molecule has 0 spiro atoms. The summed E-state index contributed by atoms with van der Waals surface area (Å²) >= 11 is 0. The number of amides is 1. The van der Waals surface area contributed by atoms with Crippen LogP contribution in [0.4, 0.5) is 11.5 Å². The van der Waals surface area contributed by atoms with Gasteiger partial charge in [0.15, 0.2) is 5.82 Å². The van der Waals surface area contributed by atoms with E-state index < -0.39 is 0 Å². The van der Waals surface area contributed by atoms with Crippen LogP contribution in [-0.2, 0) is 4.79 Å². The van der Waals surface area contributed by atoms with Crippen LogP contribution in [0.2, 0.25) is 0 Å². The van der Waals surface area contributed by atoms with E-state index in [1.54, 1.807) is 0 Å². The third-order valence-electron chi connectivity index (χ3n) is 6.88. The van der Waals surface area contributed by atoms with E-state index in [0.29, 0.717) is 19.6 Å². The first kappa shape index (κ1) is 23.8. The molecular weight excluding hydrogens is 450 g/mol. The Morgan fingerprint density at radius 2 is 1.78 bits per heavy atom. The van der Waals surface area contributed by atoms with Gasteiger partial charge in [0.25, 0.3) is 0 Å². The molecule has 0 aliphatic carbocycles. The van der Waals surface area contributed by atoms with Crippen molar-refractivity contribution >= 4 is 28.3 Å². The number of para-hydroxylation sites is 1. The van der Waals surface area contributed by atoms with Gasteiger partial charge in [0.05, 0.1) is 28.4 Å². The van der Waals surface area contributed by atoms with Gasteiger partial charge in [-0.25, -0.2) is 4.68 Å². The number of rotatable bonds is 7. The highest BCUT2D eigenvalue weighted by molar-refractivity contribution is 5.92. The number of hydrogen-bond acceptors (Lipinski definition) is 6. The molecule has 0 radical (unpaired) electrons. The molecule has 1 aliphatic rings. The minimum atomic E-state index is -0.0890. The summed E-state index contributed by atoms with van der Waals surface area (Å²) in [6.45, 7) is 8.84. The normalized spacial score (nSPS) is 15.8. The second kappa shape index (κ2) is 10.4. The molecule has 5 rings (SSSR count). The van der Waals surface area contributed by atoms with E-state index in [1.165, 1.54) is 5.56 Å². The van der Waals surface area contributed by atoms with E-state index >= 15 is 0 Å². The van der Waals surface area contributed by atoms with Gasteiger partial charge in [0.1, 0.15) is 5.52 Å². The summed E-state index contributed by atoms with van der Waals surface area (Å²) in [7, 11) is 0. The summed E-state index contributed by atoms with van der Waals surface area (Å²) in [6.07, 6.45) is 1.79. The Hall–Kier alpha value is -3.94. The molecule has 8 nitrogen and oxygen atoms in total. The molecule has 8 heteroatoms. The first-order valence-corrected chi connectivity index (χ1v) is 12.6. The first-order chi connectivity index (χ1) is 17.5. The zero-order valence-electron chi connectivity index (χ0n) is 21.2. The lowest BCUT2D eigenvalue weighted by atomic mass is 9.97. The smallest absolute Gasteiger partial charge is 0.224 e. The topological polar surface area (TPSA) is 88.0 Å². The van der Waals surface area contributed by atoms with E-state index in [9.17, 15) is 4.79 Å². The Kier molecular flexibility index (Phi) is 6.84. The zero-order chi connectivity index (χ0) is 25.1. The van der Waals surface area contributed by atoms with Crippen LogP contribution in [0.15, 0.2) is 54.6 Å². The molecule has 3 heterocycles. The van der Waals surface area contributed by atoms with Crippen LogP contribution in [0, 0.1) is 26.7 Å². The summed E-state index contributed by atoms with van der Waals surface area (Å²) in [5, 5.41) is 21.5. The Morgan fingerprint density at radius 3 is 2.56 bits per heavy atom. The van der Waals surface area contributed by atoms with Gasteiger partial charge in [-0.3, -0.25) is 4.79 Å². The lowest BCUT2D eigenvalue weighted by Gasteiger charge is -2.32. The summed E-state index contributed by atoms with van der Waals surface area (Å²) < 4.78 is 1.97. The van der Waals surface area contributed by atoms with Crippen LogP contribution in [0.3, 0.4) is 0 Å². The molecule has 1 unspecified atom stereocenters. The van der Waals surface area contributed by atoms with E-state index in [4.69, 9.17) is 5.10 Å². The molecule has 2 aromatic carbocycles. The maximum absolute atomic E-state index is 13.0. The molecule has 0 saturated carbocycles. The van der Waals surface area contributed by atoms with E-state index in [1.807, 2.05) is 41.9 Å². The fraction of sp³-hybridized carbons (Fsp3) is 0.357. The number of aryl methyl sites for hydroxylation is 3. The SMILES string of the molecule is Cc1ccc(-n2nc3c(N4CCCC(C(=O)NCCNc5ccccc5)C4)nnc(C)c3c2C)cc1. The average Bonchev–Trinajstić information content (AvgIpc) is 3.25. The molecule has 1 amide bonds. The molecule has 0 bridgehead atoms. The zero-order valence-corrected chi connectivity index (χ0v) is 21.2. The van der Waals surface area contributed by atoms with Crippen molar-refractivity contribution in [1.82, 2.24) is 25.3 Å². The molecule has 2 N–H and O–H groups in total. The van der Waals surface area contributed by atoms with Gasteiger partial charge in [-0.2, -0.15) is 10.2 Å². The maximum Gasteiger partial charge on any atom is 0.224 e. The van der Waals surface area contributed by atoms with Crippen molar-refractivity contribution in [2.45, 2.75) is 33.6 Å². The maximum atomic E-state index is 13.0. The minimum Gasteiger partial charge on any atom is -0.383 e. The molecule has 1 atom stereocenters. The highest BCUT2D eigenvalue weighted by atomic mass is 16.1. The van der Waals surface area contributed by atoms with Crippen molar-refractivity contribution in [3.05, 3.63) is 71.5 Å². The monoisotopic (exact) mass is 483 g/mol. The standard InChI is InChI=1S/C28H33N7O/c1-19-11-13-24(14-12-19)35-21(3)25-20(2)31-32-27(26(25)33-35)34-17-7-8-22(18-34)28(36)30-16-15-29-23-9-5-4-6-10-23/h4-6,9-14,22,29H,7-8,15-18H2,1-3H3,(H,30,36). The predicted molar refractivity (Wildman–Crippen MR) is 144 cm³/mol. The van der Waals surface area contributed by atoms with Crippen molar-refractivity contribution in [3.63, 3.8) is 0 Å². The van der Waals surface area contributed by atoms with Gasteiger partial charge in [-0.05, 0) is 57.9 Å². The van der Waals surface area contributed by atoms with Crippen LogP contribution in [0.1, 0.15) is 29.8 Å². The molecule has 4 aromatic rings. The largest absolute Gasteiger partial charge is 0.383 e. The van der Waals surface area contributed by atoms with Crippen LogP contribution in [-0.4, -0.2) is 52.1 Å². The quantitative estimate of drug-likeness (QED) is 0.384. The Morgan fingerprint density at radius 1 is 1.00 bits per heavy atom. The van der Waals surface area contributed by atoms with Gasteiger partial charge in [0.2, 0.25) is 5.91 Å². The van der Waals surface area contributed by atoms with E-state index in [2.05, 4.69) is 63.8 Å². The van der Waals surface area contributed by atoms with E-state index in [-0.39, 0.29) is 11.8 Å². The lowest BCUT2D eigenvalue weighted by molar-refractivity contribution is -0.125. The van der Waals surface area contributed by atoms with Crippen molar-refractivity contribution in [2.75, 3.05) is 36.4 Å². The number of nitrogens with one attached hydrogen (secondary N) is 2. The molecule has 186 valence electrons. The fourth-order valence-electron chi connectivity index (χ4n) is 4.94. The molecule has 2 aromatic heterocycles. The Bertz CT molecular complexity index is 1350. The number of piperidine rings is 1. The summed E-state index contributed by atoms with van der Waals surface area (Å²) in [6, 6.07) is 18.4. The Labute approximate surface area is 211 Å². The van der Waals surface area contributed by atoms with Crippen LogP contribution >= 0.6 is 0 Å². The second-order valence-corrected chi connectivity index (χ2v) is 9.53. The molecule has 1 saturated heterocycles. The van der Waals surface area contributed by atoms with Gasteiger partial charge in [-0.15, -0.1) is 5.10 Å². The summed E-state index contributed by atoms with van der Waals surface area (Å²) in [5.41, 5.74) is 6.02. The second-order valence-electron chi connectivity index (χ2n) is 9.53. The molecule has 36 heavy (non-hydrogen) atoms. The van der Waals surface area contributed by atoms with Crippen molar-refractivity contribution in [3.8, 4) is 5.69 Å². The summed E-state index contributed by atoms with van der Waals surface area (Å²) in [5.74, 6) is 0.758. The van der Waals surface area contributed by atoms with Crippen molar-refractivity contribution in [2.24, 2.45) is 5.92 Å². The third kappa shape index (κ3) is 4.89. The van der Waals surface area contributed by atoms with Gasteiger partial charge < -0.3 is 15.5 Å². The number of nitrogens with zero attached hydrogens (tertiary/aromatic N) is 5. The van der Waals surface area contributed by atoms with Crippen LogP contribution < -0.4 is 15.5 Å². The number of hydrogen-bond donors (Lipinski definition) is 2. The molecule has 1 aliphatic heterocycles. The fourth-order valence-corrected chi connectivity index (χ4v) is 4.94. The highest BCUT2D eigenvalue weighted by Gasteiger charge is 2.29. The first-order valence-electron chi connectivity index (χ1n) is 12.6. The van der Waals surface area contributed by atoms with Crippen LogP contribution in [0.25, 0.3) is 16.6 Å². The lowest BCUT2D eigenvalue weighted by Crippen LogP contribution is -2.44. The number of fused-ring (bicyclic) bond motifs is 1. The van der Waals surface area contributed by atoms with Gasteiger partial charge >= 0.3 is 0 Å². The minimum absolute atomic E-state index is 0.0890. The molecule has 1 fully saturated rings. The number of carbonyl (C=O) groups excluding carboxylic acids is 1. The van der Waals surface area contributed by atoms with E-state index in [0.717, 1.165) is 58.9 Å². The van der Waals surface area contributed by atoms with Gasteiger partial charge in [0, 0.05) is 31.9 Å². The number of carbonyl (C=O) groups is 1. The number of anilines is 2. The Balaban J connectivity index is 1.31. The highest BCUT2D eigenvalue weighted by Crippen LogP contribution is 2.31. The molecular formula is C28H33N7O. The average molecular weight is 484 g/mol. The summed E-state index contributed by atoms with van der Waals surface area (Å²) in [4.78, 5) is 15.1. The number of aromatic nitrogens is 4. The van der Waals surface area contributed by atoms with Crippen molar-refractivity contribution < 1.29 is 4.79 Å². The third-order valence-corrected chi connectivity index (χ3v) is 6.88. The van der Waals surface area contributed by atoms with Gasteiger partial charge in [-0.1, -0.05) is 35.9 Å². The van der Waals surface area contributed by atoms with Crippen molar-refractivity contribution in [1.29, 1.82) is 0 Å². The van der Waals surface area contributed by atoms with Crippen LogP contribution in [0.5, 0.6) is 0 Å². The predicted octanol–water partition coefficient (Wildman–Crippen LogP) is 4.19. The number of benzene rings is 2.